The van der Waals surface area contributed by atoms with Crippen molar-refractivity contribution in [2.45, 2.75) is 102 Å². The summed E-state index contributed by atoms with van der Waals surface area (Å²) in [6, 6.07) is 6.76. The Bertz CT molecular complexity index is 1320. The highest BCUT2D eigenvalue weighted by molar-refractivity contribution is 5.98. The first-order chi connectivity index (χ1) is 23.6. The Labute approximate surface area is 291 Å². The van der Waals surface area contributed by atoms with Gasteiger partial charge in [-0.25, -0.2) is 0 Å². The zero-order valence-electron chi connectivity index (χ0n) is 29.6. The number of carbonyl (C=O) groups is 4. The van der Waals surface area contributed by atoms with Gasteiger partial charge >= 0.3 is 5.97 Å². The van der Waals surface area contributed by atoms with Gasteiger partial charge in [-0.3, -0.25) is 19.2 Å². The molecule has 3 fully saturated rings. The van der Waals surface area contributed by atoms with Crippen LogP contribution in [-0.4, -0.2) is 102 Å². The molecular weight excluding hydrogens is 626 g/mol. The average Bonchev–Trinajstić information content (AvgIpc) is 3.74. The van der Waals surface area contributed by atoms with Crippen LogP contribution in [0.25, 0.3) is 0 Å². The van der Waals surface area contributed by atoms with E-state index >= 15 is 0 Å². The first-order valence-corrected chi connectivity index (χ1v) is 17.7. The number of likely N-dealkylation sites (tertiary alicyclic amines) is 1. The third kappa shape index (κ3) is 8.10. The predicted molar refractivity (Wildman–Crippen MR) is 185 cm³/mol. The van der Waals surface area contributed by atoms with Crippen molar-refractivity contribution < 1.29 is 38.5 Å². The minimum Gasteiger partial charge on any atom is -0.455 e. The zero-order chi connectivity index (χ0) is 35.7. The maximum atomic E-state index is 14.7. The SMILES string of the molecule is C=CCCC(=O)N[C@H](COC)[C@H](OC(=O)[C@@H]1[C@@H]2CC[C@]3(O2)[C@H](C(=O)N(CC=C)CCCC)N([C@@H](CO)CC(C)C)C(=O)[C@@H]13)c1ccccc1. The number of benzene rings is 1. The van der Waals surface area contributed by atoms with Gasteiger partial charge < -0.3 is 34.4 Å². The Morgan fingerprint density at radius 2 is 1.94 bits per heavy atom. The number of hydrogen-bond acceptors (Lipinski definition) is 8. The number of nitrogens with zero attached hydrogens (tertiary/aromatic N) is 2. The summed E-state index contributed by atoms with van der Waals surface area (Å²) in [5.74, 6) is -3.32. The van der Waals surface area contributed by atoms with Crippen molar-refractivity contribution in [2.24, 2.45) is 17.8 Å². The maximum absolute atomic E-state index is 14.7. The molecule has 270 valence electrons. The monoisotopic (exact) mass is 681 g/mol. The molecule has 1 aromatic carbocycles. The minimum atomic E-state index is -1.24. The standard InChI is InChI=1S/C38H55N3O8/c1-7-10-17-30(43)39-28(24-47-6)33(26-15-13-12-14-16-26)48-37(46)31-29-18-19-38(49-29)32(31)35(44)41(27(23-42)22-25(4)5)34(38)36(45)40(20-9-3)21-11-8-2/h7,9,12-16,25,27-29,31-34,42H,1,3,8,10-11,17-24H2,2,4-6H3,(H,39,43)/t27-,28-,29+,31-,32-,33-,34+,38-/m1/s1. The Balaban J connectivity index is 1.73. The molecule has 3 aliphatic rings. The number of rotatable bonds is 20. The first kappa shape index (κ1) is 38.3. The second-order valence-electron chi connectivity index (χ2n) is 13.9. The van der Waals surface area contributed by atoms with Crippen LogP contribution in [0, 0.1) is 17.8 Å². The van der Waals surface area contributed by atoms with E-state index in [1.807, 2.05) is 51.1 Å². The highest BCUT2D eigenvalue weighted by Crippen LogP contribution is 2.59. The summed E-state index contributed by atoms with van der Waals surface area (Å²) < 4.78 is 18.4. The number of esters is 1. The third-order valence-electron chi connectivity index (χ3n) is 10.0. The van der Waals surface area contributed by atoms with Crippen molar-refractivity contribution in [3.8, 4) is 0 Å². The quantitative estimate of drug-likeness (QED) is 0.156. The maximum Gasteiger partial charge on any atom is 0.313 e. The first-order valence-electron chi connectivity index (χ1n) is 17.7. The molecular formula is C38H55N3O8. The van der Waals surface area contributed by atoms with Crippen molar-refractivity contribution in [1.82, 2.24) is 15.1 Å². The van der Waals surface area contributed by atoms with Crippen molar-refractivity contribution in [2.75, 3.05) is 33.4 Å². The highest BCUT2D eigenvalue weighted by atomic mass is 16.6. The molecule has 11 heteroatoms. The van der Waals surface area contributed by atoms with E-state index in [1.165, 1.54) is 12.0 Å². The van der Waals surface area contributed by atoms with E-state index in [9.17, 15) is 24.3 Å². The van der Waals surface area contributed by atoms with Crippen LogP contribution in [-0.2, 0) is 33.4 Å². The molecule has 1 spiro atoms. The molecule has 0 saturated carbocycles. The van der Waals surface area contributed by atoms with Crippen LogP contribution in [0.15, 0.2) is 55.6 Å². The van der Waals surface area contributed by atoms with Gasteiger partial charge in [0.15, 0.2) is 0 Å². The van der Waals surface area contributed by atoms with Gasteiger partial charge in [-0.05, 0) is 43.6 Å². The fourth-order valence-electron chi connectivity index (χ4n) is 7.95. The van der Waals surface area contributed by atoms with Crippen molar-refractivity contribution >= 4 is 23.7 Å². The molecule has 0 aliphatic carbocycles. The van der Waals surface area contributed by atoms with E-state index in [4.69, 9.17) is 14.2 Å². The van der Waals surface area contributed by atoms with Gasteiger partial charge in [0.1, 0.15) is 17.7 Å². The molecule has 3 heterocycles. The summed E-state index contributed by atoms with van der Waals surface area (Å²) in [7, 11) is 1.51. The molecule has 0 radical (unpaired) electrons. The molecule has 4 rings (SSSR count). The topological polar surface area (TPSA) is 135 Å². The number of unbranched alkanes of at least 4 members (excludes halogenated alkanes) is 1. The van der Waals surface area contributed by atoms with Crippen LogP contribution in [0.3, 0.4) is 0 Å². The number of aliphatic hydroxyl groups is 1. The number of ether oxygens (including phenoxy) is 3. The average molecular weight is 682 g/mol. The minimum absolute atomic E-state index is 0.0677. The van der Waals surface area contributed by atoms with Gasteiger partial charge in [0, 0.05) is 26.6 Å². The Kier molecular flexibility index (Phi) is 13.6. The van der Waals surface area contributed by atoms with Crippen LogP contribution in [0.2, 0.25) is 0 Å². The van der Waals surface area contributed by atoms with Gasteiger partial charge in [0.25, 0.3) is 0 Å². The van der Waals surface area contributed by atoms with Gasteiger partial charge in [0.05, 0.1) is 43.2 Å². The molecule has 49 heavy (non-hydrogen) atoms. The van der Waals surface area contributed by atoms with Gasteiger partial charge in [-0.15, -0.1) is 13.2 Å². The van der Waals surface area contributed by atoms with Gasteiger partial charge in [-0.2, -0.15) is 0 Å². The number of carbonyl (C=O) groups excluding carboxylic acids is 4. The summed E-state index contributed by atoms with van der Waals surface area (Å²) in [6.07, 6.45) is 5.51. The van der Waals surface area contributed by atoms with Crippen LogP contribution in [0.5, 0.6) is 0 Å². The fourth-order valence-corrected chi connectivity index (χ4v) is 7.95. The molecule has 0 aromatic heterocycles. The van der Waals surface area contributed by atoms with Gasteiger partial charge in [0.2, 0.25) is 17.7 Å². The number of hydrogen-bond donors (Lipinski definition) is 2. The summed E-state index contributed by atoms with van der Waals surface area (Å²) in [6.45, 7) is 14.1. The van der Waals surface area contributed by atoms with Crippen molar-refractivity contribution in [1.29, 1.82) is 0 Å². The van der Waals surface area contributed by atoms with Crippen molar-refractivity contribution in [3.05, 3.63) is 61.2 Å². The lowest BCUT2D eigenvalue weighted by Crippen LogP contribution is -2.59. The lowest BCUT2D eigenvalue weighted by atomic mass is 9.70. The normalized spacial score (nSPS) is 25.8. The summed E-state index contributed by atoms with van der Waals surface area (Å²) in [5.41, 5.74) is -0.590. The van der Waals surface area contributed by atoms with Crippen LogP contribution >= 0.6 is 0 Å². The summed E-state index contributed by atoms with van der Waals surface area (Å²) >= 11 is 0. The number of nitrogens with one attached hydrogen (secondary N) is 1. The van der Waals surface area contributed by atoms with Gasteiger partial charge in [-0.1, -0.05) is 69.7 Å². The third-order valence-corrected chi connectivity index (χ3v) is 10.0. The highest BCUT2D eigenvalue weighted by Gasteiger charge is 2.75. The Hall–Kier alpha value is -3.54. The smallest absolute Gasteiger partial charge is 0.313 e. The zero-order valence-corrected chi connectivity index (χ0v) is 29.6. The van der Waals surface area contributed by atoms with E-state index in [-0.39, 0.29) is 43.3 Å². The molecule has 3 saturated heterocycles. The molecule has 2 bridgehead atoms. The number of amides is 3. The van der Waals surface area contributed by atoms with Crippen molar-refractivity contribution in [3.63, 3.8) is 0 Å². The Morgan fingerprint density at radius 3 is 2.55 bits per heavy atom. The van der Waals surface area contributed by atoms with E-state index in [0.717, 1.165) is 12.8 Å². The Morgan fingerprint density at radius 1 is 1.20 bits per heavy atom. The number of methoxy groups -OCH3 is 1. The number of allylic oxidation sites excluding steroid dienone is 1. The van der Waals surface area contributed by atoms with E-state index in [2.05, 4.69) is 18.5 Å². The summed E-state index contributed by atoms with van der Waals surface area (Å²) in [4.78, 5) is 59.8. The van der Waals surface area contributed by atoms with Crippen LogP contribution < -0.4 is 5.32 Å². The van der Waals surface area contributed by atoms with Crippen LogP contribution in [0.1, 0.15) is 77.4 Å². The lowest BCUT2D eigenvalue weighted by Gasteiger charge is -2.39. The molecule has 3 aliphatic heterocycles. The second-order valence-corrected chi connectivity index (χ2v) is 13.9. The molecule has 3 amide bonds. The van der Waals surface area contributed by atoms with E-state index in [0.29, 0.717) is 44.3 Å². The number of fused-ring (bicyclic) bond motifs is 1. The van der Waals surface area contributed by atoms with Crippen LogP contribution in [0.4, 0.5) is 0 Å². The molecule has 2 N–H and O–H groups in total. The molecule has 0 unspecified atom stereocenters. The van der Waals surface area contributed by atoms with E-state index < -0.39 is 53.7 Å². The second kappa shape index (κ2) is 17.4. The molecule has 1 aromatic rings. The summed E-state index contributed by atoms with van der Waals surface area (Å²) in [5, 5.41) is 13.6. The fraction of sp³-hybridized carbons (Fsp3) is 0.632. The number of aliphatic hydroxyl groups excluding tert-OH is 1. The van der Waals surface area contributed by atoms with E-state index in [1.54, 1.807) is 17.1 Å². The lowest BCUT2D eigenvalue weighted by molar-refractivity contribution is -0.163. The largest absolute Gasteiger partial charge is 0.455 e. The molecule has 11 nitrogen and oxygen atoms in total. The predicted octanol–water partition coefficient (Wildman–Crippen LogP) is 3.96. The molecule has 8 atom stereocenters.